The van der Waals surface area contributed by atoms with Gasteiger partial charge in [0.2, 0.25) is 0 Å². The molecule has 0 aromatic carbocycles. The maximum Gasteiger partial charge on any atom is 0.359 e. The van der Waals surface area contributed by atoms with E-state index in [4.69, 9.17) is 4.74 Å². The molecular weight excluding hydrogens is 280 g/mol. The summed E-state index contributed by atoms with van der Waals surface area (Å²) < 4.78 is 6.95. The maximum absolute atomic E-state index is 12.2. The van der Waals surface area contributed by atoms with Gasteiger partial charge < -0.3 is 4.74 Å². The SMILES string of the molecule is CCCCn1nc(C(=O)OC2CCCCCCC2)ccc1=O. The van der Waals surface area contributed by atoms with Crippen molar-refractivity contribution in [2.24, 2.45) is 0 Å². The average Bonchev–Trinajstić information content (AvgIpc) is 2.49. The van der Waals surface area contributed by atoms with Crippen LogP contribution in [0.3, 0.4) is 0 Å². The van der Waals surface area contributed by atoms with Crippen molar-refractivity contribution in [1.29, 1.82) is 0 Å². The van der Waals surface area contributed by atoms with Crippen LogP contribution in [0.2, 0.25) is 0 Å². The van der Waals surface area contributed by atoms with Gasteiger partial charge in [-0.1, -0.05) is 32.6 Å². The Morgan fingerprint density at radius 3 is 2.59 bits per heavy atom. The molecule has 1 saturated carbocycles. The van der Waals surface area contributed by atoms with Crippen LogP contribution in [0.5, 0.6) is 0 Å². The van der Waals surface area contributed by atoms with E-state index in [2.05, 4.69) is 12.0 Å². The fraction of sp³-hybridized carbons (Fsp3) is 0.706. The number of nitrogens with zero attached hydrogens (tertiary/aromatic N) is 2. The highest BCUT2D eigenvalue weighted by molar-refractivity contribution is 5.87. The second-order valence-corrected chi connectivity index (χ2v) is 6.01. The highest BCUT2D eigenvalue weighted by Crippen LogP contribution is 2.20. The van der Waals surface area contributed by atoms with Crippen molar-refractivity contribution in [3.63, 3.8) is 0 Å². The first-order valence-corrected chi connectivity index (χ1v) is 8.50. The van der Waals surface area contributed by atoms with Crippen LogP contribution in [0.4, 0.5) is 0 Å². The molecule has 0 unspecified atom stereocenters. The van der Waals surface area contributed by atoms with Gasteiger partial charge in [-0.05, 0) is 38.2 Å². The van der Waals surface area contributed by atoms with Gasteiger partial charge in [0.05, 0.1) is 0 Å². The van der Waals surface area contributed by atoms with Crippen LogP contribution < -0.4 is 5.56 Å². The van der Waals surface area contributed by atoms with Crippen LogP contribution in [0.15, 0.2) is 16.9 Å². The van der Waals surface area contributed by atoms with E-state index in [0.29, 0.717) is 6.54 Å². The Hall–Kier alpha value is -1.65. The lowest BCUT2D eigenvalue weighted by atomic mass is 9.98. The molecule has 1 aromatic heterocycles. The molecule has 0 spiro atoms. The minimum atomic E-state index is -0.407. The zero-order valence-corrected chi connectivity index (χ0v) is 13.4. The number of hydrogen-bond donors (Lipinski definition) is 0. The number of rotatable bonds is 5. The Morgan fingerprint density at radius 2 is 1.91 bits per heavy atom. The van der Waals surface area contributed by atoms with Crippen LogP contribution in [-0.2, 0) is 11.3 Å². The summed E-state index contributed by atoms with van der Waals surface area (Å²) in [6.07, 6.45) is 9.64. The molecule has 0 N–H and O–H groups in total. The molecule has 1 aliphatic rings. The lowest BCUT2D eigenvalue weighted by Crippen LogP contribution is -2.26. The third kappa shape index (κ3) is 4.97. The first-order chi connectivity index (χ1) is 10.7. The molecule has 0 atom stereocenters. The summed E-state index contributed by atoms with van der Waals surface area (Å²) in [6.45, 7) is 2.59. The van der Waals surface area contributed by atoms with Crippen molar-refractivity contribution in [1.82, 2.24) is 9.78 Å². The van der Waals surface area contributed by atoms with Crippen molar-refractivity contribution in [3.8, 4) is 0 Å². The number of carbonyl (C=O) groups is 1. The Balaban J connectivity index is 2.00. The fourth-order valence-electron chi connectivity index (χ4n) is 2.77. The molecule has 0 radical (unpaired) electrons. The Labute approximate surface area is 131 Å². The number of ether oxygens (including phenoxy) is 1. The molecule has 0 bridgehead atoms. The van der Waals surface area contributed by atoms with Gasteiger partial charge in [-0.2, -0.15) is 5.10 Å². The number of aromatic nitrogens is 2. The number of carbonyl (C=O) groups excluding carboxylic acids is 1. The maximum atomic E-state index is 12.2. The molecule has 5 heteroatoms. The van der Waals surface area contributed by atoms with Crippen molar-refractivity contribution in [2.75, 3.05) is 0 Å². The first kappa shape index (κ1) is 16.7. The highest BCUT2D eigenvalue weighted by Gasteiger charge is 2.18. The van der Waals surface area contributed by atoms with E-state index in [-0.39, 0.29) is 17.4 Å². The Morgan fingerprint density at radius 1 is 1.23 bits per heavy atom. The van der Waals surface area contributed by atoms with Crippen molar-refractivity contribution in [3.05, 3.63) is 28.2 Å². The van der Waals surface area contributed by atoms with Gasteiger partial charge in [-0.15, -0.1) is 0 Å². The van der Waals surface area contributed by atoms with Gasteiger partial charge in [0.15, 0.2) is 5.69 Å². The quantitative estimate of drug-likeness (QED) is 0.783. The zero-order chi connectivity index (χ0) is 15.8. The summed E-state index contributed by atoms with van der Waals surface area (Å²) in [6, 6.07) is 2.87. The Kier molecular flexibility index (Phi) is 6.62. The predicted molar refractivity (Wildman–Crippen MR) is 84.9 cm³/mol. The topological polar surface area (TPSA) is 61.2 Å². The van der Waals surface area contributed by atoms with E-state index >= 15 is 0 Å². The summed E-state index contributed by atoms with van der Waals surface area (Å²) in [7, 11) is 0. The Bertz CT molecular complexity index is 531. The monoisotopic (exact) mass is 306 g/mol. The van der Waals surface area contributed by atoms with Crippen molar-refractivity contribution >= 4 is 5.97 Å². The third-order valence-electron chi connectivity index (χ3n) is 4.13. The van der Waals surface area contributed by atoms with Crippen LogP contribution in [0.1, 0.15) is 75.2 Å². The number of unbranched alkanes of at least 4 members (excludes halogenated alkanes) is 1. The van der Waals surface area contributed by atoms with Gasteiger partial charge in [0.25, 0.3) is 5.56 Å². The van der Waals surface area contributed by atoms with E-state index in [9.17, 15) is 9.59 Å². The second-order valence-electron chi connectivity index (χ2n) is 6.01. The van der Waals surface area contributed by atoms with Crippen LogP contribution in [0, 0.1) is 0 Å². The van der Waals surface area contributed by atoms with Gasteiger partial charge >= 0.3 is 5.97 Å². The summed E-state index contributed by atoms with van der Waals surface area (Å²) in [5.74, 6) is -0.407. The standard InChI is InChI=1S/C17H26N2O3/c1-2-3-13-19-16(20)12-11-15(18-19)17(21)22-14-9-7-5-4-6-8-10-14/h11-12,14H,2-10,13H2,1H3. The second kappa shape index (κ2) is 8.71. The van der Waals surface area contributed by atoms with E-state index in [1.165, 1.54) is 36.1 Å². The van der Waals surface area contributed by atoms with Crippen LogP contribution in [-0.4, -0.2) is 21.9 Å². The fourth-order valence-corrected chi connectivity index (χ4v) is 2.77. The number of hydrogen-bond acceptors (Lipinski definition) is 4. The molecule has 22 heavy (non-hydrogen) atoms. The van der Waals surface area contributed by atoms with Gasteiger partial charge in [-0.3, -0.25) is 4.79 Å². The third-order valence-corrected chi connectivity index (χ3v) is 4.13. The predicted octanol–water partition coefficient (Wildman–Crippen LogP) is 3.31. The summed E-state index contributed by atoms with van der Waals surface area (Å²) in [5, 5.41) is 4.15. The lowest BCUT2D eigenvalue weighted by molar-refractivity contribution is 0.0229. The van der Waals surface area contributed by atoms with Gasteiger partial charge in [-0.25, -0.2) is 9.48 Å². The van der Waals surface area contributed by atoms with E-state index in [0.717, 1.165) is 38.5 Å². The lowest BCUT2D eigenvalue weighted by Gasteiger charge is -2.20. The van der Waals surface area contributed by atoms with Crippen LogP contribution in [0.25, 0.3) is 0 Å². The normalized spacial score (nSPS) is 16.8. The molecular formula is C17H26N2O3. The molecule has 1 aromatic rings. The molecule has 1 fully saturated rings. The number of aryl methyl sites for hydroxylation is 1. The highest BCUT2D eigenvalue weighted by atomic mass is 16.5. The molecule has 1 aliphatic carbocycles. The molecule has 0 saturated heterocycles. The van der Waals surface area contributed by atoms with Crippen molar-refractivity contribution < 1.29 is 9.53 Å². The molecule has 2 rings (SSSR count). The minimum absolute atomic E-state index is 0.00869. The van der Waals surface area contributed by atoms with E-state index in [1.807, 2.05) is 0 Å². The smallest absolute Gasteiger partial charge is 0.359 e. The average molecular weight is 306 g/mol. The van der Waals surface area contributed by atoms with E-state index < -0.39 is 5.97 Å². The molecule has 1 heterocycles. The van der Waals surface area contributed by atoms with Crippen LogP contribution >= 0.6 is 0 Å². The number of esters is 1. The first-order valence-electron chi connectivity index (χ1n) is 8.50. The summed E-state index contributed by atoms with van der Waals surface area (Å²) >= 11 is 0. The van der Waals surface area contributed by atoms with E-state index in [1.54, 1.807) is 0 Å². The largest absolute Gasteiger partial charge is 0.458 e. The van der Waals surface area contributed by atoms with Gasteiger partial charge in [0, 0.05) is 12.6 Å². The minimum Gasteiger partial charge on any atom is -0.458 e. The van der Waals surface area contributed by atoms with Crippen molar-refractivity contribution in [2.45, 2.75) is 77.4 Å². The molecule has 0 aliphatic heterocycles. The summed E-state index contributed by atoms with van der Waals surface area (Å²) in [5.41, 5.74) is 0.0636. The molecule has 122 valence electrons. The molecule has 0 amide bonds. The summed E-state index contributed by atoms with van der Waals surface area (Å²) in [4.78, 5) is 24.0. The molecule has 5 nitrogen and oxygen atoms in total. The van der Waals surface area contributed by atoms with Gasteiger partial charge in [0.1, 0.15) is 6.10 Å². The zero-order valence-electron chi connectivity index (χ0n) is 13.4.